The van der Waals surface area contributed by atoms with Crippen LogP contribution in [0.4, 0.5) is 0 Å². The van der Waals surface area contributed by atoms with Crippen molar-refractivity contribution in [1.82, 2.24) is 4.68 Å². The Morgan fingerprint density at radius 2 is 1.97 bits per heavy atom. The van der Waals surface area contributed by atoms with Gasteiger partial charge < -0.3 is 18.6 Å². The van der Waals surface area contributed by atoms with Gasteiger partial charge in [-0.1, -0.05) is 0 Å². The van der Waals surface area contributed by atoms with Gasteiger partial charge in [-0.05, 0) is 61.4 Å². The van der Waals surface area contributed by atoms with Crippen LogP contribution in [0.25, 0.3) is 0 Å². The number of carbonyl (C=O) groups is 1. The van der Waals surface area contributed by atoms with Crippen molar-refractivity contribution in [1.29, 1.82) is 5.26 Å². The molecule has 32 heavy (non-hydrogen) atoms. The number of hydrogen-bond acceptors (Lipinski definition) is 8. The minimum atomic E-state index is -0.567. The predicted octanol–water partition coefficient (Wildman–Crippen LogP) is 3.19. The molecule has 2 aromatic heterocycles. The van der Waals surface area contributed by atoms with Gasteiger partial charge in [-0.3, -0.25) is 4.79 Å². The van der Waals surface area contributed by atoms with Gasteiger partial charge >= 0.3 is 5.97 Å². The molecular weight excluding hydrogens is 414 g/mol. The van der Waals surface area contributed by atoms with E-state index in [-0.39, 0.29) is 17.9 Å². The van der Waals surface area contributed by atoms with Gasteiger partial charge in [0.15, 0.2) is 11.5 Å². The van der Waals surface area contributed by atoms with Crippen LogP contribution in [0.3, 0.4) is 0 Å². The quantitative estimate of drug-likeness (QED) is 0.413. The largest absolute Gasteiger partial charge is 0.493 e. The van der Waals surface area contributed by atoms with Crippen LogP contribution < -0.4 is 15.0 Å². The number of methoxy groups -OCH3 is 2. The van der Waals surface area contributed by atoms with Crippen molar-refractivity contribution in [2.24, 2.45) is 5.10 Å². The molecule has 3 rings (SSSR count). The Kier molecular flexibility index (Phi) is 6.75. The molecule has 0 unspecified atom stereocenters. The molecule has 3 aromatic rings. The number of ether oxygens (including phenoxy) is 3. The molecular formula is C23H21N3O6. The molecule has 0 saturated carbocycles. The fraction of sp³-hybridized carbons (Fsp3) is 0.217. The van der Waals surface area contributed by atoms with E-state index in [1.54, 1.807) is 44.2 Å². The molecule has 0 fully saturated rings. The maximum Gasteiger partial charge on any atom is 0.373 e. The first kappa shape index (κ1) is 22.4. The number of rotatable bonds is 7. The number of nitriles is 1. The Morgan fingerprint density at radius 3 is 2.66 bits per heavy atom. The highest BCUT2D eigenvalue weighted by Crippen LogP contribution is 2.28. The van der Waals surface area contributed by atoms with Gasteiger partial charge in [0.05, 0.1) is 20.4 Å². The van der Waals surface area contributed by atoms with E-state index in [0.29, 0.717) is 34.1 Å². The van der Waals surface area contributed by atoms with E-state index in [1.165, 1.54) is 31.2 Å². The summed E-state index contributed by atoms with van der Waals surface area (Å²) >= 11 is 0. The first-order chi connectivity index (χ1) is 15.4. The summed E-state index contributed by atoms with van der Waals surface area (Å²) in [6.45, 7) is 3.53. The highest BCUT2D eigenvalue weighted by Gasteiger charge is 2.13. The summed E-state index contributed by atoms with van der Waals surface area (Å²) < 4.78 is 22.3. The zero-order chi connectivity index (χ0) is 23.3. The van der Waals surface area contributed by atoms with Crippen molar-refractivity contribution >= 4 is 12.2 Å². The molecule has 0 aliphatic rings. The smallest absolute Gasteiger partial charge is 0.373 e. The van der Waals surface area contributed by atoms with Crippen LogP contribution in [-0.4, -0.2) is 31.1 Å². The van der Waals surface area contributed by atoms with E-state index < -0.39 is 11.5 Å². The summed E-state index contributed by atoms with van der Waals surface area (Å²) in [5, 5.41) is 13.4. The standard InChI is InChI=1S/C23H21N3O6/c1-14-9-15(2)26(22(27)18(14)11-24)25-12-16-5-7-19(21(10-16)29-3)31-13-17-6-8-20(32-17)23(28)30-4/h5-10,12H,13H2,1-4H3/b25-12+. The van der Waals surface area contributed by atoms with Crippen molar-refractivity contribution in [2.75, 3.05) is 14.2 Å². The fourth-order valence-electron chi connectivity index (χ4n) is 2.98. The predicted molar refractivity (Wildman–Crippen MR) is 115 cm³/mol. The van der Waals surface area contributed by atoms with Gasteiger partial charge in [-0.2, -0.15) is 10.4 Å². The summed E-state index contributed by atoms with van der Waals surface area (Å²) in [7, 11) is 2.77. The second-order valence-corrected chi connectivity index (χ2v) is 6.77. The number of hydrogen-bond donors (Lipinski definition) is 0. The third kappa shape index (κ3) is 4.70. The maximum atomic E-state index is 12.5. The zero-order valence-electron chi connectivity index (χ0n) is 18.0. The first-order valence-electron chi connectivity index (χ1n) is 9.53. The molecule has 2 heterocycles. The van der Waals surface area contributed by atoms with Crippen LogP contribution in [0.2, 0.25) is 0 Å². The molecule has 0 atom stereocenters. The van der Waals surface area contributed by atoms with Crippen molar-refractivity contribution in [3.8, 4) is 17.6 Å². The molecule has 0 spiro atoms. The topological polar surface area (TPSA) is 116 Å². The van der Waals surface area contributed by atoms with Crippen LogP contribution in [0.5, 0.6) is 11.5 Å². The van der Waals surface area contributed by atoms with Crippen LogP contribution in [0, 0.1) is 25.2 Å². The summed E-state index contributed by atoms with van der Waals surface area (Å²) in [6.07, 6.45) is 1.49. The number of aromatic nitrogens is 1. The Balaban J connectivity index is 1.79. The first-order valence-corrected chi connectivity index (χ1v) is 9.53. The summed E-state index contributed by atoms with van der Waals surface area (Å²) in [5.74, 6) is 0.865. The van der Waals surface area contributed by atoms with E-state index in [4.69, 9.17) is 13.9 Å². The molecule has 9 heteroatoms. The van der Waals surface area contributed by atoms with Gasteiger partial charge in [0.1, 0.15) is 24.0 Å². The molecule has 1 aromatic carbocycles. The average Bonchev–Trinajstić information content (AvgIpc) is 3.26. The maximum absolute atomic E-state index is 12.5. The van der Waals surface area contributed by atoms with Gasteiger partial charge in [0, 0.05) is 5.69 Å². The number of benzene rings is 1. The molecule has 0 N–H and O–H groups in total. The second-order valence-electron chi connectivity index (χ2n) is 6.77. The lowest BCUT2D eigenvalue weighted by atomic mass is 10.1. The number of carbonyl (C=O) groups excluding carboxylic acids is 1. The fourth-order valence-corrected chi connectivity index (χ4v) is 2.98. The number of aryl methyl sites for hydroxylation is 2. The number of nitrogens with zero attached hydrogens (tertiary/aromatic N) is 3. The van der Waals surface area contributed by atoms with E-state index in [0.717, 1.165) is 0 Å². The minimum absolute atomic E-state index is 0.0577. The molecule has 0 bridgehead atoms. The molecule has 0 aliphatic heterocycles. The Bertz CT molecular complexity index is 1280. The lowest BCUT2D eigenvalue weighted by molar-refractivity contribution is 0.0561. The number of esters is 1. The Morgan fingerprint density at radius 1 is 1.19 bits per heavy atom. The van der Waals surface area contributed by atoms with Crippen LogP contribution in [0.1, 0.15) is 38.7 Å². The minimum Gasteiger partial charge on any atom is -0.493 e. The van der Waals surface area contributed by atoms with Gasteiger partial charge in [-0.25, -0.2) is 9.47 Å². The molecule has 0 amide bonds. The summed E-state index contributed by atoms with van der Waals surface area (Å²) in [6, 6.07) is 11.9. The zero-order valence-corrected chi connectivity index (χ0v) is 18.0. The van der Waals surface area contributed by atoms with E-state index in [2.05, 4.69) is 9.84 Å². The van der Waals surface area contributed by atoms with E-state index >= 15 is 0 Å². The third-order valence-corrected chi connectivity index (χ3v) is 4.60. The monoisotopic (exact) mass is 435 g/mol. The third-order valence-electron chi connectivity index (χ3n) is 4.60. The van der Waals surface area contributed by atoms with Gasteiger partial charge in [0.25, 0.3) is 5.56 Å². The second kappa shape index (κ2) is 9.66. The lowest BCUT2D eigenvalue weighted by Crippen LogP contribution is -2.22. The van der Waals surface area contributed by atoms with Crippen molar-refractivity contribution in [2.45, 2.75) is 20.5 Å². The molecule has 164 valence electrons. The molecule has 0 aliphatic carbocycles. The summed E-state index contributed by atoms with van der Waals surface area (Å²) in [5.41, 5.74) is 1.46. The normalized spacial score (nSPS) is 10.7. The highest BCUT2D eigenvalue weighted by molar-refractivity contribution is 5.86. The SMILES string of the molecule is COC(=O)c1ccc(COc2ccc(/C=N/n3c(C)cc(C)c(C#N)c3=O)cc2OC)o1. The molecule has 0 saturated heterocycles. The van der Waals surface area contributed by atoms with Crippen LogP contribution in [0.15, 0.2) is 50.7 Å². The van der Waals surface area contributed by atoms with E-state index in [9.17, 15) is 14.9 Å². The lowest BCUT2D eigenvalue weighted by Gasteiger charge is -2.10. The number of pyridine rings is 1. The van der Waals surface area contributed by atoms with Crippen molar-refractivity contribution in [3.05, 3.63) is 80.7 Å². The van der Waals surface area contributed by atoms with Crippen LogP contribution >= 0.6 is 0 Å². The summed E-state index contributed by atoms with van der Waals surface area (Å²) in [4.78, 5) is 23.9. The molecule has 9 nitrogen and oxygen atoms in total. The highest BCUT2D eigenvalue weighted by atomic mass is 16.5. The van der Waals surface area contributed by atoms with Crippen LogP contribution in [-0.2, 0) is 11.3 Å². The Hall–Kier alpha value is -4.32. The number of furan rings is 1. The molecule has 0 radical (unpaired) electrons. The van der Waals surface area contributed by atoms with Crippen molar-refractivity contribution in [3.63, 3.8) is 0 Å². The Labute approximate surface area is 184 Å². The van der Waals surface area contributed by atoms with Crippen molar-refractivity contribution < 1.29 is 23.4 Å². The average molecular weight is 435 g/mol. The van der Waals surface area contributed by atoms with E-state index in [1.807, 2.05) is 6.07 Å². The van der Waals surface area contributed by atoms with Gasteiger partial charge in [-0.15, -0.1) is 0 Å². The van der Waals surface area contributed by atoms with Gasteiger partial charge in [0.2, 0.25) is 5.76 Å².